The van der Waals surface area contributed by atoms with Crippen LogP contribution >= 0.6 is 11.6 Å². The second kappa shape index (κ2) is 4.84. The summed E-state index contributed by atoms with van der Waals surface area (Å²) in [5, 5.41) is 0.549. The van der Waals surface area contributed by atoms with Crippen molar-refractivity contribution in [3.05, 3.63) is 22.8 Å². The van der Waals surface area contributed by atoms with Gasteiger partial charge in [0.05, 0.1) is 7.11 Å². The molecule has 0 saturated heterocycles. The second-order valence-electron chi connectivity index (χ2n) is 4.33. The first-order chi connectivity index (χ1) is 7.01. The molecule has 2 nitrogen and oxygen atoms in total. The number of methoxy groups -OCH3 is 1. The highest BCUT2D eigenvalue weighted by Gasteiger charge is 2.23. The summed E-state index contributed by atoms with van der Waals surface area (Å²) < 4.78 is 5.03. The summed E-state index contributed by atoms with van der Waals surface area (Å²) in [6, 6.07) is 3.86. The van der Waals surface area contributed by atoms with E-state index in [0.717, 1.165) is 18.4 Å². The van der Waals surface area contributed by atoms with Gasteiger partial charge in [0.1, 0.15) is 5.15 Å². The van der Waals surface area contributed by atoms with Gasteiger partial charge in [-0.2, -0.15) is 0 Å². The van der Waals surface area contributed by atoms with Crippen molar-refractivity contribution in [3.63, 3.8) is 0 Å². The van der Waals surface area contributed by atoms with Crippen LogP contribution in [-0.2, 0) is 5.41 Å². The second-order valence-corrected chi connectivity index (χ2v) is 4.68. The molecule has 0 radical (unpaired) electrons. The molecule has 0 atom stereocenters. The Kier molecular flexibility index (Phi) is 3.97. The number of hydrogen-bond donors (Lipinski definition) is 0. The fraction of sp³-hybridized carbons (Fsp3) is 0.583. The van der Waals surface area contributed by atoms with Gasteiger partial charge in [0.2, 0.25) is 5.88 Å². The third kappa shape index (κ3) is 2.85. The van der Waals surface area contributed by atoms with Crippen molar-refractivity contribution in [1.82, 2.24) is 4.98 Å². The number of halogens is 1. The third-order valence-corrected chi connectivity index (χ3v) is 2.92. The van der Waals surface area contributed by atoms with E-state index in [2.05, 4.69) is 25.8 Å². The predicted molar refractivity (Wildman–Crippen MR) is 63.7 cm³/mol. The highest BCUT2D eigenvalue weighted by Crippen LogP contribution is 2.33. The molecule has 0 fully saturated rings. The molecule has 0 unspecified atom stereocenters. The van der Waals surface area contributed by atoms with Gasteiger partial charge in [0.25, 0.3) is 0 Å². The van der Waals surface area contributed by atoms with E-state index in [9.17, 15) is 0 Å². The average Bonchev–Trinajstić information content (AvgIpc) is 2.17. The maximum absolute atomic E-state index is 6.14. The Morgan fingerprint density at radius 3 is 2.53 bits per heavy atom. The SMILES string of the molecule is CCCC(C)(C)c1ccc(OC)nc1Cl. The van der Waals surface area contributed by atoms with E-state index in [1.807, 2.05) is 12.1 Å². The van der Waals surface area contributed by atoms with Gasteiger partial charge in [0.15, 0.2) is 0 Å². The minimum atomic E-state index is 0.0745. The molecule has 1 aromatic heterocycles. The Labute approximate surface area is 96.6 Å². The number of pyridine rings is 1. The molecule has 3 heteroatoms. The lowest BCUT2D eigenvalue weighted by Crippen LogP contribution is -2.17. The third-order valence-electron chi connectivity index (χ3n) is 2.64. The fourth-order valence-electron chi connectivity index (χ4n) is 1.80. The maximum Gasteiger partial charge on any atom is 0.214 e. The number of hydrogen-bond acceptors (Lipinski definition) is 2. The van der Waals surface area contributed by atoms with E-state index in [1.165, 1.54) is 0 Å². The Bertz CT molecular complexity index is 336. The Hall–Kier alpha value is -0.760. The average molecular weight is 228 g/mol. The first-order valence-corrected chi connectivity index (χ1v) is 5.60. The molecule has 0 saturated carbocycles. The standard InChI is InChI=1S/C12H18ClNO/c1-5-8-12(2,3)9-6-7-10(15-4)14-11(9)13/h6-7H,5,8H2,1-4H3. The van der Waals surface area contributed by atoms with E-state index >= 15 is 0 Å². The van der Waals surface area contributed by atoms with Crippen LogP contribution in [0.5, 0.6) is 5.88 Å². The molecule has 1 heterocycles. The molecule has 0 aliphatic carbocycles. The van der Waals surface area contributed by atoms with Crippen molar-refractivity contribution in [1.29, 1.82) is 0 Å². The Morgan fingerprint density at radius 1 is 1.40 bits per heavy atom. The summed E-state index contributed by atoms with van der Waals surface area (Å²) in [6.45, 7) is 6.55. The molecule has 0 aliphatic rings. The summed E-state index contributed by atoms with van der Waals surface area (Å²) in [7, 11) is 1.59. The van der Waals surface area contributed by atoms with Crippen molar-refractivity contribution in [2.45, 2.75) is 39.0 Å². The minimum absolute atomic E-state index is 0.0745. The lowest BCUT2D eigenvalue weighted by atomic mass is 9.81. The molecule has 0 amide bonds. The summed E-state index contributed by atoms with van der Waals surface area (Å²) in [6.07, 6.45) is 2.23. The normalized spacial score (nSPS) is 11.5. The summed E-state index contributed by atoms with van der Waals surface area (Å²) >= 11 is 6.14. The molecule has 1 rings (SSSR count). The first-order valence-electron chi connectivity index (χ1n) is 5.22. The van der Waals surface area contributed by atoms with Crippen LogP contribution in [0.3, 0.4) is 0 Å². The number of aromatic nitrogens is 1. The number of rotatable bonds is 4. The van der Waals surface area contributed by atoms with Crippen molar-refractivity contribution in [2.75, 3.05) is 7.11 Å². The largest absolute Gasteiger partial charge is 0.481 e. The monoisotopic (exact) mass is 227 g/mol. The molecule has 0 aliphatic heterocycles. The summed E-state index contributed by atoms with van der Waals surface area (Å²) in [5.41, 5.74) is 1.16. The highest BCUT2D eigenvalue weighted by atomic mass is 35.5. The van der Waals surface area contributed by atoms with Crippen LogP contribution in [0, 0.1) is 0 Å². The van der Waals surface area contributed by atoms with Crippen LogP contribution in [-0.4, -0.2) is 12.1 Å². The van der Waals surface area contributed by atoms with Crippen LogP contribution in [0.25, 0.3) is 0 Å². The van der Waals surface area contributed by atoms with E-state index in [-0.39, 0.29) is 5.41 Å². The van der Waals surface area contributed by atoms with Crippen LogP contribution < -0.4 is 4.74 Å². The molecule has 84 valence electrons. The summed E-state index contributed by atoms with van der Waals surface area (Å²) in [5.74, 6) is 0.566. The van der Waals surface area contributed by atoms with Crippen molar-refractivity contribution in [3.8, 4) is 5.88 Å². The minimum Gasteiger partial charge on any atom is -0.481 e. The molecule has 0 aromatic carbocycles. The molecular formula is C12H18ClNO. The first kappa shape index (κ1) is 12.3. The van der Waals surface area contributed by atoms with Gasteiger partial charge in [-0.05, 0) is 17.4 Å². The van der Waals surface area contributed by atoms with Crippen LogP contribution in [0.1, 0.15) is 39.2 Å². The van der Waals surface area contributed by atoms with Crippen LogP contribution in [0.15, 0.2) is 12.1 Å². The van der Waals surface area contributed by atoms with Crippen molar-refractivity contribution in [2.24, 2.45) is 0 Å². The van der Waals surface area contributed by atoms with Gasteiger partial charge in [-0.1, -0.05) is 44.9 Å². The molecule has 0 bridgehead atoms. The zero-order valence-corrected chi connectivity index (χ0v) is 10.6. The van der Waals surface area contributed by atoms with Gasteiger partial charge >= 0.3 is 0 Å². The molecule has 0 spiro atoms. The quantitative estimate of drug-likeness (QED) is 0.730. The van der Waals surface area contributed by atoms with Gasteiger partial charge < -0.3 is 4.74 Å². The Balaban J connectivity index is 3.04. The van der Waals surface area contributed by atoms with E-state index in [0.29, 0.717) is 11.0 Å². The molecule has 0 N–H and O–H groups in total. The van der Waals surface area contributed by atoms with Crippen LogP contribution in [0.4, 0.5) is 0 Å². The molecule has 15 heavy (non-hydrogen) atoms. The van der Waals surface area contributed by atoms with Gasteiger partial charge in [-0.3, -0.25) is 0 Å². The maximum atomic E-state index is 6.14. The fourth-order valence-corrected chi connectivity index (χ4v) is 2.20. The number of ether oxygens (including phenoxy) is 1. The van der Waals surface area contributed by atoms with Gasteiger partial charge in [0, 0.05) is 6.07 Å². The molecule has 1 aromatic rings. The zero-order valence-electron chi connectivity index (χ0n) is 9.80. The summed E-state index contributed by atoms with van der Waals surface area (Å²) in [4.78, 5) is 4.18. The topological polar surface area (TPSA) is 22.1 Å². The lowest BCUT2D eigenvalue weighted by Gasteiger charge is -2.25. The van der Waals surface area contributed by atoms with E-state index in [1.54, 1.807) is 7.11 Å². The van der Waals surface area contributed by atoms with Crippen LogP contribution in [0.2, 0.25) is 5.15 Å². The highest BCUT2D eigenvalue weighted by molar-refractivity contribution is 6.30. The smallest absolute Gasteiger partial charge is 0.214 e. The Morgan fingerprint density at radius 2 is 2.07 bits per heavy atom. The van der Waals surface area contributed by atoms with Crippen molar-refractivity contribution >= 4 is 11.6 Å². The van der Waals surface area contributed by atoms with E-state index < -0.39 is 0 Å². The predicted octanol–water partition coefficient (Wildman–Crippen LogP) is 3.82. The number of nitrogens with zero attached hydrogens (tertiary/aromatic N) is 1. The molecular weight excluding hydrogens is 210 g/mol. The zero-order chi connectivity index (χ0) is 11.5. The lowest BCUT2D eigenvalue weighted by molar-refractivity contribution is 0.395. The van der Waals surface area contributed by atoms with Gasteiger partial charge in [-0.25, -0.2) is 4.98 Å². The van der Waals surface area contributed by atoms with E-state index in [4.69, 9.17) is 16.3 Å². The van der Waals surface area contributed by atoms with Gasteiger partial charge in [-0.15, -0.1) is 0 Å². The van der Waals surface area contributed by atoms with Crippen molar-refractivity contribution < 1.29 is 4.74 Å².